The SMILES string of the molecule is Cc1ncsc1-c1ccc(C2(NC(=O)C3CCCN3C=O)CC2)cc1. The zero-order valence-electron chi connectivity index (χ0n) is 14.2. The lowest BCUT2D eigenvalue weighted by atomic mass is 10.0. The van der Waals surface area contributed by atoms with Gasteiger partial charge in [0.1, 0.15) is 6.04 Å². The van der Waals surface area contributed by atoms with Gasteiger partial charge in [-0.2, -0.15) is 0 Å². The van der Waals surface area contributed by atoms with Gasteiger partial charge in [0.25, 0.3) is 0 Å². The van der Waals surface area contributed by atoms with Crippen molar-refractivity contribution in [2.75, 3.05) is 6.54 Å². The fraction of sp³-hybridized carbons (Fsp3) is 0.421. The minimum atomic E-state index is -0.311. The molecule has 1 unspecified atom stereocenters. The van der Waals surface area contributed by atoms with Crippen molar-refractivity contribution >= 4 is 23.7 Å². The molecule has 6 heteroatoms. The number of likely N-dealkylation sites (tertiary alicyclic amines) is 1. The maximum absolute atomic E-state index is 12.6. The molecule has 1 saturated carbocycles. The summed E-state index contributed by atoms with van der Waals surface area (Å²) in [6.45, 7) is 2.69. The van der Waals surface area contributed by atoms with Crippen LogP contribution in [0.3, 0.4) is 0 Å². The standard InChI is InChI=1S/C19H21N3O2S/c1-13-17(25-11-20-13)14-4-6-15(7-5-14)19(8-9-19)21-18(24)16-3-2-10-22(16)12-23/h4-7,11-12,16H,2-3,8-10H2,1H3,(H,21,24). The van der Waals surface area contributed by atoms with Gasteiger partial charge in [-0.25, -0.2) is 4.98 Å². The number of aromatic nitrogens is 1. The van der Waals surface area contributed by atoms with E-state index in [-0.39, 0.29) is 17.5 Å². The Labute approximate surface area is 151 Å². The average Bonchev–Trinajstić information content (AvgIpc) is 3.06. The van der Waals surface area contributed by atoms with E-state index in [1.165, 1.54) is 4.88 Å². The predicted molar refractivity (Wildman–Crippen MR) is 97.1 cm³/mol. The van der Waals surface area contributed by atoms with Crippen LogP contribution in [0.15, 0.2) is 29.8 Å². The van der Waals surface area contributed by atoms with E-state index in [4.69, 9.17) is 0 Å². The fourth-order valence-electron chi connectivity index (χ4n) is 3.65. The molecule has 4 rings (SSSR count). The molecule has 0 radical (unpaired) electrons. The molecule has 1 N–H and O–H groups in total. The second-order valence-corrected chi connectivity index (χ2v) is 7.77. The molecular weight excluding hydrogens is 334 g/mol. The fourth-order valence-corrected chi connectivity index (χ4v) is 4.46. The van der Waals surface area contributed by atoms with Crippen molar-refractivity contribution in [1.82, 2.24) is 15.2 Å². The highest BCUT2D eigenvalue weighted by atomic mass is 32.1. The van der Waals surface area contributed by atoms with Crippen molar-refractivity contribution in [1.29, 1.82) is 0 Å². The molecule has 2 amide bonds. The number of rotatable bonds is 5. The van der Waals surface area contributed by atoms with Crippen LogP contribution in [0.1, 0.15) is 36.9 Å². The molecule has 5 nitrogen and oxygen atoms in total. The van der Waals surface area contributed by atoms with Gasteiger partial charge in [-0.15, -0.1) is 11.3 Å². The summed E-state index contributed by atoms with van der Waals surface area (Å²) in [4.78, 5) is 30.8. The third-order valence-corrected chi connectivity index (χ3v) is 6.27. The summed E-state index contributed by atoms with van der Waals surface area (Å²) < 4.78 is 0. The first-order chi connectivity index (χ1) is 12.1. The van der Waals surface area contributed by atoms with Crippen LogP contribution in [-0.2, 0) is 15.1 Å². The minimum absolute atomic E-state index is 0.0236. The maximum Gasteiger partial charge on any atom is 0.243 e. The third kappa shape index (κ3) is 2.95. The number of amides is 2. The van der Waals surface area contributed by atoms with E-state index in [9.17, 15) is 9.59 Å². The molecular formula is C19H21N3O2S. The van der Waals surface area contributed by atoms with Crippen LogP contribution < -0.4 is 5.32 Å². The molecule has 2 fully saturated rings. The van der Waals surface area contributed by atoms with E-state index in [1.807, 2.05) is 12.4 Å². The largest absolute Gasteiger partial charge is 0.345 e. The van der Waals surface area contributed by atoms with Crippen LogP contribution in [0, 0.1) is 6.92 Å². The number of nitrogens with one attached hydrogen (secondary N) is 1. The summed E-state index contributed by atoms with van der Waals surface area (Å²) in [7, 11) is 0. The second kappa shape index (κ2) is 6.26. The molecule has 130 valence electrons. The molecule has 1 aromatic carbocycles. The number of hydrogen-bond acceptors (Lipinski definition) is 4. The average molecular weight is 355 g/mol. The lowest BCUT2D eigenvalue weighted by molar-refractivity contribution is -0.131. The van der Waals surface area contributed by atoms with Crippen LogP contribution in [0.4, 0.5) is 0 Å². The number of nitrogens with zero attached hydrogens (tertiary/aromatic N) is 2. The zero-order chi connectivity index (χ0) is 17.4. The number of carbonyl (C=O) groups excluding carboxylic acids is 2. The van der Waals surface area contributed by atoms with Crippen LogP contribution in [0.2, 0.25) is 0 Å². The van der Waals surface area contributed by atoms with Gasteiger partial charge in [0.2, 0.25) is 12.3 Å². The third-order valence-electron chi connectivity index (χ3n) is 5.29. The van der Waals surface area contributed by atoms with Gasteiger partial charge in [0, 0.05) is 6.54 Å². The molecule has 1 aliphatic carbocycles. The summed E-state index contributed by atoms with van der Waals surface area (Å²) >= 11 is 1.64. The topological polar surface area (TPSA) is 62.3 Å². The Bertz CT molecular complexity index is 795. The molecule has 2 heterocycles. The molecule has 1 aromatic heterocycles. The number of aryl methyl sites for hydroxylation is 1. The normalized spacial score (nSPS) is 21.2. The van der Waals surface area contributed by atoms with Crippen molar-refractivity contribution < 1.29 is 9.59 Å². The Hall–Kier alpha value is -2.21. The molecule has 25 heavy (non-hydrogen) atoms. The highest BCUT2D eigenvalue weighted by Crippen LogP contribution is 2.46. The van der Waals surface area contributed by atoms with Gasteiger partial charge in [-0.05, 0) is 43.7 Å². The summed E-state index contributed by atoms with van der Waals surface area (Å²) in [6.07, 6.45) is 4.34. The van der Waals surface area contributed by atoms with Crippen molar-refractivity contribution in [3.05, 3.63) is 41.0 Å². The van der Waals surface area contributed by atoms with E-state index < -0.39 is 0 Å². The van der Waals surface area contributed by atoms with Crippen LogP contribution in [-0.4, -0.2) is 34.8 Å². The van der Waals surface area contributed by atoms with E-state index in [0.29, 0.717) is 6.54 Å². The van der Waals surface area contributed by atoms with Gasteiger partial charge in [0.05, 0.1) is 21.6 Å². The first-order valence-corrected chi connectivity index (χ1v) is 9.55. The molecule has 1 aliphatic heterocycles. The Morgan fingerprint density at radius 3 is 2.72 bits per heavy atom. The summed E-state index contributed by atoms with van der Waals surface area (Å²) in [5.41, 5.74) is 4.95. The van der Waals surface area contributed by atoms with Crippen molar-refractivity contribution in [3.63, 3.8) is 0 Å². The first-order valence-electron chi connectivity index (χ1n) is 8.67. The summed E-state index contributed by atoms with van der Waals surface area (Å²) in [6, 6.07) is 8.11. The lowest BCUT2D eigenvalue weighted by Crippen LogP contribution is -2.46. The van der Waals surface area contributed by atoms with Crippen LogP contribution >= 0.6 is 11.3 Å². The highest BCUT2D eigenvalue weighted by molar-refractivity contribution is 7.13. The van der Waals surface area contributed by atoms with E-state index in [2.05, 4.69) is 34.6 Å². The van der Waals surface area contributed by atoms with E-state index >= 15 is 0 Å². The van der Waals surface area contributed by atoms with E-state index in [1.54, 1.807) is 16.2 Å². The number of carbonyl (C=O) groups is 2. The smallest absolute Gasteiger partial charge is 0.243 e. The van der Waals surface area contributed by atoms with Gasteiger partial charge in [-0.1, -0.05) is 24.3 Å². The van der Waals surface area contributed by atoms with Crippen molar-refractivity contribution in [2.24, 2.45) is 0 Å². The Morgan fingerprint density at radius 2 is 2.12 bits per heavy atom. The first kappa shape index (κ1) is 16.3. The molecule has 2 aliphatic rings. The Morgan fingerprint density at radius 1 is 1.36 bits per heavy atom. The zero-order valence-corrected chi connectivity index (χ0v) is 15.0. The van der Waals surface area contributed by atoms with Gasteiger partial charge in [0.15, 0.2) is 0 Å². The van der Waals surface area contributed by atoms with Gasteiger partial charge < -0.3 is 10.2 Å². The number of thiazole rings is 1. The van der Waals surface area contributed by atoms with E-state index in [0.717, 1.165) is 48.9 Å². The highest BCUT2D eigenvalue weighted by Gasteiger charge is 2.47. The predicted octanol–water partition coefficient (Wildman–Crippen LogP) is 2.84. The van der Waals surface area contributed by atoms with Crippen LogP contribution in [0.25, 0.3) is 10.4 Å². The monoisotopic (exact) mass is 355 g/mol. The molecule has 1 saturated heterocycles. The Balaban J connectivity index is 1.50. The lowest BCUT2D eigenvalue weighted by Gasteiger charge is -2.24. The molecule has 0 spiro atoms. The minimum Gasteiger partial charge on any atom is -0.345 e. The Kier molecular flexibility index (Phi) is 4.07. The summed E-state index contributed by atoms with van der Waals surface area (Å²) in [5.74, 6) is -0.0236. The molecule has 1 atom stereocenters. The van der Waals surface area contributed by atoms with Crippen LogP contribution in [0.5, 0.6) is 0 Å². The summed E-state index contributed by atoms with van der Waals surface area (Å²) in [5, 5.41) is 3.21. The van der Waals surface area contributed by atoms with Crippen molar-refractivity contribution in [2.45, 2.75) is 44.2 Å². The number of hydrogen-bond donors (Lipinski definition) is 1. The van der Waals surface area contributed by atoms with Gasteiger partial charge in [-0.3, -0.25) is 9.59 Å². The quantitative estimate of drug-likeness (QED) is 0.839. The maximum atomic E-state index is 12.6. The van der Waals surface area contributed by atoms with Crippen molar-refractivity contribution in [3.8, 4) is 10.4 Å². The second-order valence-electron chi connectivity index (χ2n) is 6.92. The molecule has 2 aromatic rings. The molecule has 0 bridgehead atoms. The van der Waals surface area contributed by atoms with Gasteiger partial charge >= 0.3 is 0 Å². The number of benzene rings is 1.